The molecule has 1 atom stereocenters. The van der Waals surface area contributed by atoms with Gasteiger partial charge in [0.15, 0.2) is 0 Å². The average Bonchev–Trinajstić information content (AvgIpc) is 3.72. The topological polar surface area (TPSA) is 84.2 Å². The Morgan fingerprint density at radius 3 is 2.52 bits per heavy atom. The summed E-state index contributed by atoms with van der Waals surface area (Å²) in [6.07, 6.45) is 5.25. The van der Waals surface area contributed by atoms with Crippen molar-refractivity contribution in [2.45, 2.75) is 59.0 Å². The van der Waals surface area contributed by atoms with Gasteiger partial charge < -0.3 is 15.0 Å². The van der Waals surface area contributed by atoms with Crippen molar-refractivity contribution in [1.82, 2.24) is 14.9 Å². The van der Waals surface area contributed by atoms with Gasteiger partial charge >= 0.3 is 5.97 Å². The number of carboxylic acid groups (broad SMARTS) is 1. The van der Waals surface area contributed by atoms with Crippen LogP contribution in [0.15, 0.2) is 60.7 Å². The molecular weight excluding hydrogens is 518 g/mol. The Morgan fingerprint density at radius 2 is 1.85 bits per heavy atom. The first-order chi connectivity index (χ1) is 19.4. The first-order valence-corrected chi connectivity index (χ1v) is 14.8. The Morgan fingerprint density at radius 1 is 1.10 bits per heavy atom. The summed E-state index contributed by atoms with van der Waals surface area (Å²) in [5.41, 5.74) is 7.21. The molecule has 5 rings (SSSR count). The van der Waals surface area contributed by atoms with Crippen LogP contribution in [0.2, 0.25) is 0 Å². The molecule has 0 saturated heterocycles. The number of hydrogen-bond donors (Lipinski definition) is 3. The van der Waals surface area contributed by atoms with Crippen LogP contribution < -0.4 is 5.32 Å². The molecule has 4 aromatic rings. The number of aryl methyl sites for hydroxylation is 2. The predicted molar refractivity (Wildman–Crippen MR) is 163 cm³/mol. The summed E-state index contributed by atoms with van der Waals surface area (Å²) in [4.78, 5) is 29.5. The van der Waals surface area contributed by atoms with Gasteiger partial charge in [0, 0.05) is 31.2 Å². The Bertz CT molecular complexity index is 1520. The van der Waals surface area contributed by atoms with E-state index in [1.807, 2.05) is 24.3 Å². The molecule has 40 heavy (non-hydrogen) atoms. The number of nitrogens with one attached hydrogen (secondary N) is 1. The highest BCUT2D eigenvalue weighted by atomic mass is 32.1. The van der Waals surface area contributed by atoms with Crippen molar-refractivity contribution in [2.75, 3.05) is 5.75 Å². The Kier molecular flexibility index (Phi) is 8.60. The van der Waals surface area contributed by atoms with Gasteiger partial charge in [0.1, 0.15) is 5.82 Å². The van der Waals surface area contributed by atoms with E-state index in [1.54, 1.807) is 12.1 Å². The lowest BCUT2D eigenvalue weighted by atomic mass is 9.98. The molecule has 6 nitrogen and oxygen atoms in total. The first kappa shape index (κ1) is 28.0. The van der Waals surface area contributed by atoms with E-state index >= 15 is 0 Å². The zero-order valence-corrected chi connectivity index (χ0v) is 24.1. The molecule has 1 saturated carbocycles. The van der Waals surface area contributed by atoms with Crippen LogP contribution in [0.4, 0.5) is 0 Å². The molecule has 208 valence electrons. The van der Waals surface area contributed by atoms with E-state index in [0.717, 1.165) is 58.4 Å². The fourth-order valence-electron chi connectivity index (χ4n) is 5.45. The van der Waals surface area contributed by atoms with E-state index in [2.05, 4.69) is 60.6 Å². The third kappa shape index (κ3) is 6.25. The molecule has 3 aromatic carbocycles. The summed E-state index contributed by atoms with van der Waals surface area (Å²) in [5, 5.41) is 12.7. The molecule has 1 aromatic heterocycles. The molecule has 0 radical (unpaired) electrons. The van der Waals surface area contributed by atoms with E-state index in [9.17, 15) is 14.7 Å². The van der Waals surface area contributed by atoms with Crippen LogP contribution in [-0.2, 0) is 24.3 Å². The highest BCUT2D eigenvalue weighted by molar-refractivity contribution is 7.80. The summed E-state index contributed by atoms with van der Waals surface area (Å²) in [7, 11) is 0. The molecule has 0 spiro atoms. The minimum atomic E-state index is -0.930. The quantitative estimate of drug-likeness (QED) is 0.170. The second kappa shape index (κ2) is 12.3. The maximum absolute atomic E-state index is 12.8. The Hall–Kier alpha value is -3.58. The number of aromatic carboxylic acids is 1. The highest BCUT2D eigenvalue weighted by Gasteiger charge is 2.28. The first-order valence-electron chi connectivity index (χ1n) is 14.2. The highest BCUT2D eigenvalue weighted by Crippen LogP contribution is 2.35. The third-order valence-electron chi connectivity index (χ3n) is 7.79. The summed E-state index contributed by atoms with van der Waals surface area (Å²) >= 11 is 4.43. The lowest BCUT2D eigenvalue weighted by Crippen LogP contribution is -2.31. The number of nitrogens with zero attached hydrogens (tertiary/aromatic N) is 2. The number of aromatic nitrogens is 2. The smallest absolute Gasteiger partial charge is 0.336 e. The number of carboxylic acids is 1. The van der Waals surface area contributed by atoms with Crippen molar-refractivity contribution in [3.63, 3.8) is 0 Å². The minimum absolute atomic E-state index is 0.0345. The number of fused-ring (bicyclic) bond motifs is 1. The summed E-state index contributed by atoms with van der Waals surface area (Å²) < 4.78 is 2.28. The standard InChI is InChI=1S/C33H37N3O3S/c1-3-6-30-35-31-21(2)15-24(18-34-32(37)26(20-40)16-22-9-10-22)17-29(31)36(30)19-23-11-13-25(14-12-23)27-7-4-5-8-28(27)33(38)39/h4-5,7-8,11-15,17,22,26,40H,3,6,9-10,16,18-20H2,1-2H3,(H,34,37)(H,38,39). The fraction of sp³-hybridized carbons (Fsp3) is 0.364. The van der Waals surface area contributed by atoms with E-state index < -0.39 is 5.97 Å². The van der Waals surface area contributed by atoms with Crippen LogP contribution in [0.5, 0.6) is 0 Å². The van der Waals surface area contributed by atoms with Crippen LogP contribution in [0.25, 0.3) is 22.2 Å². The van der Waals surface area contributed by atoms with Crippen molar-refractivity contribution < 1.29 is 14.7 Å². The maximum atomic E-state index is 12.8. The molecule has 0 bridgehead atoms. The molecular formula is C33H37N3O3S. The zero-order valence-electron chi connectivity index (χ0n) is 23.2. The molecule has 1 unspecified atom stereocenters. The number of benzene rings is 3. The second-order valence-electron chi connectivity index (χ2n) is 11.0. The number of imidazole rings is 1. The SMILES string of the molecule is CCCc1nc2c(C)cc(CNC(=O)C(CS)CC3CC3)cc2n1Cc1ccc(-c2ccccc2C(=O)O)cc1. The number of thiol groups is 1. The van der Waals surface area contributed by atoms with E-state index in [0.29, 0.717) is 35.9 Å². The summed E-state index contributed by atoms with van der Waals surface area (Å²) in [6, 6.07) is 19.5. The van der Waals surface area contributed by atoms with Gasteiger partial charge in [-0.15, -0.1) is 0 Å². The lowest BCUT2D eigenvalue weighted by molar-refractivity contribution is -0.124. The number of hydrogen-bond acceptors (Lipinski definition) is 4. The van der Waals surface area contributed by atoms with Crippen LogP contribution in [0.3, 0.4) is 0 Å². The molecule has 1 aliphatic rings. The fourth-order valence-corrected chi connectivity index (χ4v) is 5.77. The van der Waals surface area contributed by atoms with E-state index in [4.69, 9.17) is 4.98 Å². The van der Waals surface area contributed by atoms with E-state index in [1.165, 1.54) is 12.8 Å². The van der Waals surface area contributed by atoms with Gasteiger partial charge in [0.25, 0.3) is 0 Å². The molecule has 2 N–H and O–H groups in total. The number of carbonyl (C=O) groups excluding carboxylic acids is 1. The predicted octanol–water partition coefficient (Wildman–Crippen LogP) is 6.67. The Labute approximate surface area is 241 Å². The van der Waals surface area contributed by atoms with Gasteiger partial charge in [-0.05, 0) is 65.6 Å². The molecule has 1 amide bonds. The van der Waals surface area contributed by atoms with Crippen molar-refractivity contribution in [2.24, 2.45) is 11.8 Å². The number of carbonyl (C=O) groups is 2. The van der Waals surface area contributed by atoms with Crippen LogP contribution in [0.1, 0.15) is 65.5 Å². The van der Waals surface area contributed by atoms with Gasteiger partial charge in [0.2, 0.25) is 5.91 Å². The molecule has 1 aliphatic carbocycles. The summed E-state index contributed by atoms with van der Waals surface area (Å²) in [6.45, 7) is 5.38. The molecule has 1 heterocycles. The molecule has 1 fully saturated rings. The van der Waals surface area contributed by atoms with Gasteiger partial charge in [-0.3, -0.25) is 4.79 Å². The van der Waals surface area contributed by atoms with Crippen LogP contribution in [-0.4, -0.2) is 32.3 Å². The second-order valence-corrected chi connectivity index (χ2v) is 11.3. The zero-order chi connectivity index (χ0) is 28.2. The maximum Gasteiger partial charge on any atom is 0.336 e. The van der Waals surface area contributed by atoms with Gasteiger partial charge in [0.05, 0.1) is 16.6 Å². The third-order valence-corrected chi connectivity index (χ3v) is 8.23. The number of amides is 1. The molecule has 0 aliphatic heterocycles. The molecule has 7 heteroatoms. The average molecular weight is 556 g/mol. The largest absolute Gasteiger partial charge is 0.478 e. The Balaban J connectivity index is 1.40. The lowest BCUT2D eigenvalue weighted by Gasteiger charge is -2.15. The van der Waals surface area contributed by atoms with Crippen molar-refractivity contribution in [3.05, 3.63) is 88.7 Å². The summed E-state index contributed by atoms with van der Waals surface area (Å²) in [5.74, 6) is 1.43. The minimum Gasteiger partial charge on any atom is -0.478 e. The normalized spacial score (nSPS) is 13.9. The van der Waals surface area contributed by atoms with Crippen molar-refractivity contribution in [3.8, 4) is 11.1 Å². The van der Waals surface area contributed by atoms with Crippen molar-refractivity contribution >= 4 is 35.5 Å². The van der Waals surface area contributed by atoms with E-state index in [-0.39, 0.29) is 11.8 Å². The monoisotopic (exact) mass is 555 g/mol. The van der Waals surface area contributed by atoms with Gasteiger partial charge in [-0.25, -0.2) is 9.78 Å². The number of rotatable bonds is 12. The van der Waals surface area contributed by atoms with Crippen molar-refractivity contribution in [1.29, 1.82) is 0 Å². The van der Waals surface area contributed by atoms with Gasteiger partial charge in [-0.1, -0.05) is 68.3 Å². The van der Waals surface area contributed by atoms with Gasteiger partial charge in [-0.2, -0.15) is 12.6 Å². The van der Waals surface area contributed by atoms with Crippen LogP contribution in [0, 0.1) is 18.8 Å². The van der Waals surface area contributed by atoms with Crippen LogP contribution >= 0.6 is 12.6 Å².